The Balaban J connectivity index is 0.00000196. The SMILES string of the molecule is CC(=Cc1ccccc1)C1C[C@@H]1NC1CCN(CCOCC(=O)O)CC1.Cl.Cl. The standard InChI is InChI=1S/C21H30N2O3.2ClH/c1-16(13-17-5-3-2-4-6-17)19-14-20(19)22-18-7-9-23(10-8-18)11-12-26-15-21(24)25;;/h2-6,13,18-20,22H,7-12,14-15H2,1H3,(H,24,25);2*1H/t19?,20-;;/m0../s1. The Labute approximate surface area is 180 Å². The summed E-state index contributed by atoms with van der Waals surface area (Å²) >= 11 is 0. The number of hydrogen-bond acceptors (Lipinski definition) is 4. The van der Waals surface area contributed by atoms with Crippen LogP contribution in [-0.4, -0.2) is 60.9 Å². The van der Waals surface area contributed by atoms with Crippen LogP contribution in [0.2, 0.25) is 0 Å². The number of piperidine rings is 1. The number of likely N-dealkylation sites (tertiary alicyclic amines) is 1. The molecule has 1 aromatic carbocycles. The third kappa shape index (κ3) is 8.10. The highest BCUT2D eigenvalue weighted by atomic mass is 35.5. The summed E-state index contributed by atoms with van der Waals surface area (Å²) in [6.45, 7) is 5.49. The fourth-order valence-corrected chi connectivity index (χ4v) is 3.78. The van der Waals surface area contributed by atoms with Gasteiger partial charge < -0.3 is 20.1 Å². The maximum atomic E-state index is 10.4. The summed E-state index contributed by atoms with van der Waals surface area (Å²) in [5, 5.41) is 12.4. The number of rotatable bonds is 9. The predicted molar refractivity (Wildman–Crippen MR) is 118 cm³/mol. The summed E-state index contributed by atoms with van der Waals surface area (Å²) in [5.41, 5.74) is 2.76. The molecule has 0 radical (unpaired) electrons. The molecule has 3 rings (SSSR count). The second kappa shape index (κ2) is 12.5. The van der Waals surface area contributed by atoms with Crippen molar-refractivity contribution in [2.75, 3.05) is 32.8 Å². The molecular formula is C21H32Cl2N2O3. The highest BCUT2D eigenvalue weighted by Gasteiger charge is 2.39. The monoisotopic (exact) mass is 430 g/mol. The molecule has 1 aliphatic carbocycles. The van der Waals surface area contributed by atoms with Gasteiger partial charge >= 0.3 is 5.97 Å². The Hall–Kier alpha value is -1.11. The van der Waals surface area contributed by atoms with E-state index in [2.05, 4.69) is 53.5 Å². The number of carbonyl (C=O) groups is 1. The number of benzene rings is 1. The number of nitrogens with zero attached hydrogens (tertiary/aromatic N) is 1. The van der Waals surface area contributed by atoms with Gasteiger partial charge in [0.1, 0.15) is 6.61 Å². The van der Waals surface area contributed by atoms with Crippen LogP contribution in [0.4, 0.5) is 0 Å². The van der Waals surface area contributed by atoms with Crippen LogP contribution in [0.15, 0.2) is 35.9 Å². The van der Waals surface area contributed by atoms with Gasteiger partial charge in [0, 0.05) is 18.6 Å². The van der Waals surface area contributed by atoms with Crippen molar-refractivity contribution in [3.8, 4) is 0 Å². The zero-order chi connectivity index (χ0) is 18.4. The van der Waals surface area contributed by atoms with E-state index in [1.165, 1.54) is 17.6 Å². The van der Waals surface area contributed by atoms with Crippen molar-refractivity contribution >= 4 is 36.9 Å². The van der Waals surface area contributed by atoms with E-state index in [-0.39, 0.29) is 31.4 Å². The van der Waals surface area contributed by atoms with Gasteiger partial charge in [0.05, 0.1) is 6.61 Å². The molecule has 0 bridgehead atoms. The van der Waals surface area contributed by atoms with Crippen LogP contribution in [0.3, 0.4) is 0 Å². The second-order valence-electron chi connectivity index (χ2n) is 7.48. The molecule has 158 valence electrons. The first kappa shape index (κ1) is 24.9. The van der Waals surface area contributed by atoms with E-state index in [0.29, 0.717) is 24.6 Å². The molecule has 1 heterocycles. The lowest BCUT2D eigenvalue weighted by Crippen LogP contribution is -2.44. The molecule has 0 spiro atoms. The van der Waals surface area contributed by atoms with E-state index in [4.69, 9.17) is 9.84 Å². The third-order valence-corrected chi connectivity index (χ3v) is 5.38. The number of carboxylic acids is 1. The average Bonchev–Trinajstić information content (AvgIpc) is 3.40. The number of ether oxygens (including phenoxy) is 1. The Morgan fingerprint density at radius 2 is 1.93 bits per heavy atom. The van der Waals surface area contributed by atoms with Crippen molar-refractivity contribution in [1.29, 1.82) is 0 Å². The van der Waals surface area contributed by atoms with Crippen molar-refractivity contribution in [1.82, 2.24) is 10.2 Å². The van der Waals surface area contributed by atoms with Gasteiger partial charge in [0.2, 0.25) is 0 Å². The molecule has 7 heteroatoms. The van der Waals surface area contributed by atoms with Crippen molar-refractivity contribution in [2.45, 2.75) is 38.3 Å². The molecule has 2 fully saturated rings. The highest BCUT2D eigenvalue weighted by molar-refractivity contribution is 5.85. The van der Waals surface area contributed by atoms with Crippen molar-refractivity contribution < 1.29 is 14.6 Å². The molecule has 1 unspecified atom stereocenters. The number of nitrogens with one attached hydrogen (secondary N) is 1. The van der Waals surface area contributed by atoms with Gasteiger partial charge in [-0.1, -0.05) is 42.0 Å². The zero-order valence-corrected chi connectivity index (χ0v) is 18.0. The van der Waals surface area contributed by atoms with Crippen molar-refractivity contribution in [3.05, 3.63) is 41.5 Å². The van der Waals surface area contributed by atoms with Crippen LogP contribution in [0.1, 0.15) is 31.7 Å². The van der Waals surface area contributed by atoms with Crippen LogP contribution in [0.5, 0.6) is 0 Å². The van der Waals surface area contributed by atoms with Gasteiger partial charge in [0.25, 0.3) is 0 Å². The minimum absolute atomic E-state index is 0. The lowest BCUT2D eigenvalue weighted by Gasteiger charge is -2.32. The normalized spacial score (nSPS) is 22.8. The number of hydrogen-bond donors (Lipinski definition) is 2. The molecule has 1 aromatic rings. The van der Waals surface area contributed by atoms with Crippen LogP contribution >= 0.6 is 24.8 Å². The molecule has 28 heavy (non-hydrogen) atoms. The Morgan fingerprint density at radius 1 is 1.25 bits per heavy atom. The molecule has 1 saturated carbocycles. The smallest absolute Gasteiger partial charge is 0.329 e. The summed E-state index contributed by atoms with van der Waals surface area (Å²) in [6.07, 6.45) is 5.87. The molecule has 5 nitrogen and oxygen atoms in total. The van der Waals surface area contributed by atoms with Gasteiger partial charge in [-0.2, -0.15) is 0 Å². The van der Waals surface area contributed by atoms with E-state index in [1.54, 1.807) is 0 Å². The molecule has 2 atom stereocenters. The van der Waals surface area contributed by atoms with E-state index in [9.17, 15) is 4.79 Å². The average molecular weight is 431 g/mol. The van der Waals surface area contributed by atoms with Gasteiger partial charge in [-0.3, -0.25) is 0 Å². The fraction of sp³-hybridized carbons (Fsp3) is 0.571. The summed E-state index contributed by atoms with van der Waals surface area (Å²) < 4.78 is 5.13. The molecule has 0 aromatic heterocycles. The lowest BCUT2D eigenvalue weighted by molar-refractivity contribution is -0.142. The second-order valence-corrected chi connectivity index (χ2v) is 7.48. The first-order valence-electron chi connectivity index (χ1n) is 9.63. The predicted octanol–water partition coefficient (Wildman–Crippen LogP) is 3.48. The van der Waals surface area contributed by atoms with Crippen molar-refractivity contribution in [3.63, 3.8) is 0 Å². The third-order valence-electron chi connectivity index (χ3n) is 5.38. The van der Waals surface area contributed by atoms with E-state index in [0.717, 1.165) is 32.5 Å². The summed E-state index contributed by atoms with van der Waals surface area (Å²) in [4.78, 5) is 12.8. The summed E-state index contributed by atoms with van der Waals surface area (Å²) in [5.74, 6) is -0.221. The molecular weight excluding hydrogens is 399 g/mol. The fourth-order valence-electron chi connectivity index (χ4n) is 3.78. The van der Waals surface area contributed by atoms with Crippen LogP contribution in [0, 0.1) is 5.92 Å². The maximum absolute atomic E-state index is 10.4. The van der Waals surface area contributed by atoms with Gasteiger partial charge in [-0.15, -0.1) is 24.8 Å². The van der Waals surface area contributed by atoms with Crippen LogP contribution < -0.4 is 5.32 Å². The number of aliphatic carboxylic acids is 1. The molecule has 0 amide bonds. The van der Waals surface area contributed by atoms with Gasteiger partial charge in [-0.25, -0.2) is 4.79 Å². The van der Waals surface area contributed by atoms with Crippen molar-refractivity contribution in [2.24, 2.45) is 5.92 Å². The van der Waals surface area contributed by atoms with E-state index in [1.807, 2.05) is 0 Å². The first-order chi connectivity index (χ1) is 12.6. The first-order valence-corrected chi connectivity index (χ1v) is 9.63. The van der Waals surface area contributed by atoms with E-state index < -0.39 is 5.97 Å². The van der Waals surface area contributed by atoms with Gasteiger partial charge in [-0.05, 0) is 50.8 Å². The number of carboxylic acid groups (broad SMARTS) is 1. The lowest BCUT2D eigenvalue weighted by atomic mass is 10.0. The maximum Gasteiger partial charge on any atom is 0.329 e. The molecule has 2 N–H and O–H groups in total. The van der Waals surface area contributed by atoms with Gasteiger partial charge in [0.15, 0.2) is 0 Å². The van der Waals surface area contributed by atoms with E-state index >= 15 is 0 Å². The quantitative estimate of drug-likeness (QED) is 0.587. The Morgan fingerprint density at radius 3 is 2.57 bits per heavy atom. The molecule has 2 aliphatic rings. The largest absolute Gasteiger partial charge is 0.480 e. The highest BCUT2D eigenvalue weighted by Crippen LogP contribution is 2.38. The summed E-state index contributed by atoms with van der Waals surface area (Å²) in [7, 11) is 0. The number of halogens is 2. The zero-order valence-electron chi connectivity index (χ0n) is 16.4. The Bertz CT molecular complexity index is 619. The minimum Gasteiger partial charge on any atom is -0.480 e. The molecule has 1 aliphatic heterocycles. The van der Waals surface area contributed by atoms with Crippen LogP contribution in [-0.2, 0) is 9.53 Å². The minimum atomic E-state index is -0.900. The topological polar surface area (TPSA) is 61.8 Å². The van der Waals surface area contributed by atoms with Crippen LogP contribution in [0.25, 0.3) is 6.08 Å². The summed E-state index contributed by atoms with van der Waals surface area (Å²) in [6, 6.07) is 11.8. The molecule has 1 saturated heterocycles. The Kier molecular flexibility index (Phi) is 11.1.